The predicted molar refractivity (Wildman–Crippen MR) is 76.4 cm³/mol. The summed E-state index contributed by atoms with van der Waals surface area (Å²) in [5.74, 6) is 1.62. The van der Waals surface area contributed by atoms with Gasteiger partial charge in [-0.15, -0.1) is 0 Å². The minimum atomic E-state index is 0.774. The molecule has 0 atom stereocenters. The Morgan fingerprint density at radius 1 is 1.06 bits per heavy atom. The maximum atomic E-state index is 3.54. The topological polar surface area (TPSA) is 15.3 Å². The molecule has 0 bridgehead atoms. The highest BCUT2D eigenvalue weighted by atomic mass is 15.2. The van der Waals surface area contributed by atoms with Crippen LogP contribution in [0.1, 0.15) is 53.4 Å². The smallest absolute Gasteiger partial charge is 0.00964 e. The first-order chi connectivity index (χ1) is 8.09. The van der Waals surface area contributed by atoms with Gasteiger partial charge in [0, 0.05) is 6.04 Å². The molecule has 1 saturated carbocycles. The van der Waals surface area contributed by atoms with Crippen molar-refractivity contribution in [3.63, 3.8) is 0 Å². The van der Waals surface area contributed by atoms with E-state index in [4.69, 9.17) is 0 Å². The summed E-state index contributed by atoms with van der Waals surface area (Å²) >= 11 is 0. The van der Waals surface area contributed by atoms with Crippen molar-refractivity contribution in [2.75, 3.05) is 26.2 Å². The molecule has 0 aromatic carbocycles. The first-order valence-electron chi connectivity index (χ1n) is 7.54. The van der Waals surface area contributed by atoms with Crippen LogP contribution < -0.4 is 5.32 Å². The Labute approximate surface area is 108 Å². The highest BCUT2D eigenvalue weighted by Crippen LogP contribution is 2.27. The summed E-state index contributed by atoms with van der Waals surface area (Å²) in [7, 11) is 0. The minimum Gasteiger partial charge on any atom is -0.316 e. The Hall–Kier alpha value is -0.0800. The van der Waals surface area contributed by atoms with E-state index >= 15 is 0 Å². The van der Waals surface area contributed by atoms with Crippen molar-refractivity contribution in [3.05, 3.63) is 0 Å². The van der Waals surface area contributed by atoms with E-state index < -0.39 is 0 Å². The van der Waals surface area contributed by atoms with Crippen LogP contribution in [0.25, 0.3) is 0 Å². The van der Waals surface area contributed by atoms with Crippen molar-refractivity contribution < 1.29 is 0 Å². The molecule has 0 heterocycles. The summed E-state index contributed by atoms with van der Waals surface area (Å²) in [5, 5.41) is 3.54. The fourth-order valence-electron chi connectivity index (χ4n) is 2.14. The molecule has 1 fully saturated rings. The second kappa shape index (κ2) is 8.10. The van der Waals surface area contributed by atoms with Crippen LogP contribution in [0, 0.1) is 11.8 Å². The monoisotopic (exact) mass is 240 g/mol. The van der Waals surface area contributed by atoms with Gasteiger partial charge in [0.2, 0.25) is 0 Å². The van der Waals surface area contributed by atoms with Crippen molar-refractivity contribution in [1.29, 1.82) is 0 Å². The van der Waals surface area contributed by atoms with Gasteiger partial charge in [0.25, 0.3) is 0 Å². The molecule has 102 valence electrons. The number of hydrogen-bond acceptors (Lipinski definition) is 2. The highest BCUT2D eigenvalue weighted by molar-refractivity contribution is 4.84. The fraction of sp³-hybridized carbons (Fsp3) is 1.00. The maximum absolute atomic E-state index is 3.54. The lowest BCUT2D eigenvalue weighted by Gasteiger charge is -2.23. The van der Waals surface area contributed by atoms with Crippen LogP contribution in [0.15, 0.2) is 0 Å². The normalized spacial score (nSPS) is 16.4. The first kappa shape index (κ1) is 15.0. The molecule has 0 saturated heterocycles. The number of nitrogens with one attached hydrogen (secondary N) is 1. The quantitative estimate of drug-likeness (QED) is 0.590. The van der Waals surface area contributed by atoms with Crippen molar-refractivity contribution in [2.45, 2.75) is 59.4 Å². The zero-order valence-electron chi connectivity index (χ0n) is 12.3. The lowest BCUT2D eigenvalue weighted by atomic mass is 10.1. The van der Waals surface area contributed by atoms with Crippen LogP contribution in [-0.4, -0.2) is 37.1 Å². The Kier molecular flexibility index (Phi) is 7.14. The van der Waals surface area contributed by atoms with Crippen molar-refractivity contribution >= 4 is 0 Å². The Morgan fingerprint density at radius 3 is 2.29 bits per heavy atom. The molecule has 1 rings (SSSR count). The van der Waals surface area contributed by atoms with Gasteiger partial charge in [-0.2, -0.15) is 0 Å². The Morgan fingerprint density at radius 2 is 1.76 bits per heavy atom. The second-order valence-corrected chi connectivity index (χ2v) is 6.40. The van der Waals surface area contributed by atoms with Crippen LogP contribution in [0.3, 0.4) is 0 Å². The lowest BCUT2D eigenvalue weighted by molar-refractivity contribution is 0.243. The van der Waals surface area contributed by atoms with E-state index in [1.165, 1.54) is 45.3 Å². The zero-order valence-corrected chi connectivity index (χ0v) is 12.3. The van der Waals surface area contributed by atoms with Gasteiger partial charge in [0.05, 0.1) is 0 Å². The van der Waals surface area contributed by atoms with Gasteiger partial charge < -0.3 is 10.2 Å². The summed E-state index contributed by atoms with van der Waals surface area (Å²) in [5.41, 5.74) is 0. The third-order valence-corrected chi connectivity index (χ3v) is 3.41. The van der Waals surface area contributed by atoms with Crippen molar-refractivity contribution in [2.24, 2.45) is 11.8 Å². The molecule has 0 spiro atoms. The van der Waals surface area contributed by atoms with Crippen LogP contribution in [0.4, 0.5) is 0 Å². The third-order valence-electron chi connectivity index (χ3n) is 3.41. The van der Waals surface area contributed by atoms with Crippen LogP contribution >= 0.6 is 0 Å². The van der Waals surface area contributed by atoms with Crippen LogP contribution in [0.5, 0.6) is 0 Å². The van der Waals surface area contributed by atoms with E-state index in [1.807, 2.05) is 0 Å². The van der Waals surface area contributed by atoms with Gasteiger partial charge in [-0.3, -0.25) is 0 Å². The molecule has 0 aromatic heterocycles. The van der Waals surface area contributed by atoms with E-state index in [0.29, 0.717) is 0 Å². The molecule has 1 aliphatic carbocycles. The molecule has 17 heavy (non-hydrogen) atoms. The highest BCUT2D eigenvalue weighted by Gasteiger charge is 2.27. The molecule has 0 aliphatic heterocycles. The SMILES string of the molecule is CC(C)CCN(CCCNCC(C)C)C1CC1. The molecule has 0 aromatic rings. The van der Waals surface area contributed by atoms with Gasteiger partial charge in [0.15, 0.2) is 0 Å². The standard InChI is InChI=1S/C15H32N2/c1-13(2)8-11-17(15-6-7-15)10-5-9-16-12-14(3)4/h13-16H,5-12H2,1-4H3. The molecule has 0 unspecified atom stereocenters. The molecule has 0 amide bonds. The van der Waals surface area contributed by atoms with Crippen LogP contribution in [-0.2, 0) is 0 Å². The van der Waals surface area contributed by atoms with E-state index in [2.05, 4.69) is 37.9 Å². The second-order valence-electron chi connectivity index (χ2n) is 6.40. The molecule has 1 N–H and O–H groups in total. The minimum absolute atomic E-state index is 0.774. The molecule has 0 radical (unpaired) electrons. The average molecular weight is 240 g/mol. The van der Waals surface area contributed by atoms with E-state index in [-0.39, 0.29) is 0 Å². The predicted octanol–water partition coefficient (Wildman–Crippen LogP) is 3.13. The zero-order chi connectivity index (χ0) is 12.7. The molecule has 2 heteroatoms. The maximum Gasteiger partial charge on any atom is 0.00964 e. The summed E-state index contributed by atoms with van der Waals surface area (Å²) in [6.07, 6.45) is 5.55. The molecular formula is C15H32N2. The van der Waals surface area contributed by atoms with E-state index in [9.17, 15) is 0 Å². The summed E-state index contributed by atoms with van der Waals surface area (Å²) in [4.78, 5) is 2.72. The summed E-state index contributed by atoms with van der Waals surface area (Å²) < 4.78 is 0. The van der Waals surface area contributed by atoms with E-state index in [1.54, 1.807) is 0 Å². The average Bonchev–Trinajstić information content (AvgIpc) is 3.05. The fourth-order valence-corrected chi connectivity index (χ4v) is 2.14. The summed E-state index contributed by atoms with van der Waals surface area (Å²) in [6, 6.07) is 0.929. The largest absolute Gasteiger partial charge is 0.316 e. The van der Waals surface area contributed by atoms with Gasteiger partial charge in [-0.25, -0.2) is 0 Å². The van der Waals surface area contributed by atoms with Crippen molar-refractivity contribution in [3.8, 4) is 0 Å². The van der Waals surface area contributed by atoms with Gasteiger partial charge in [-0.05, 0) is 63.7 Å². The number of hydrogen-bond donors (Lipinski definition) is 1. The van der Waals surface area contributed by atoms with Crippen molar-refractivity contribution in [1.82, 2.24) is 10.2 Å². The molecular weight excluding hydrogens is 208 g/mol. The molecule has 2 nitrogen and oxygen atoms in total. The van der Waals surface area contributed by atoms with Gasteiger partial charge in [-0.1, -0.05) is 27.7 Å². The van der Waals surface area contributed by atoms with Gasteiger partial charge in [0.1, 0.15) is 0 Å². The third kappa shape index (κ3) is 7.77. The Balaban J connectivity index is 2.04. The number of nitrogens with zero attached hydrogens (tertiary/aromatic N) is 1. The summed E-state index contributed by atoms with van der Waals surface area (Å²) in [6.45, 7) is 14.1. The van der Waals surface area contributed by atoms with Crippen LogP contribution in [0.2, 0.25) is 0 Å². The van der Waals surface area contributed by atoms with E-state index in [0.717, 1.165) is 24.4 Å². The Bertz CT molecular complexity index is 185. The lowest BCUT2D eigenvalue weighted by Crippen LogP contribution is -2.31. The molecule has 1 aliphatic rings. The van der Waals surface area contributed by atoms with Gasteiger partial charge >= 0.3 is 0 Å². The number of rotatable bonds is 10. The first-order valence-corrected chi connectivity index (χ1v) is 7.54.